The van der Waals surface area contributed by atoms with Gasteiger partial charge < -0.3 is 9.64 Å². The normalized spacial score (nSPS) is 22.4. The molecule has 2 fully saturated rings. The molecule has 2 aliphatic heterocycles. The number of hydrogen-bond acceptors (Lipinski definition) is 3. The summed E-state index contributed by atoms with van der Waals surface area (Å²) in [7, 11) is 0. The van der Waals surface area contributed by atoms with Gasteiger partial charge in [-0.2, -0.15) is 13.2 Å². The third-order valence-electron chi connectivity index (χ3n) is 5.10. The van der Waals surface area contributed by atoms with Crippen LogP contribution in [0.15, 0.2) is 24.3 Å². The van der Waals surface area contributed by atoms with Crippen molar-refractivity contribution >= 4 is 5.91 Å². The third-order valence-corrected chi connectivity index (χ3v) is 5.10. The van der Waals surface area contributed by atoms with Crippen LogP contribution in [0.5, 0.6) is 0 Å². The van der Waals surface area contributed by atoms with Crippen molar-refractivity contribution in [1.29, 1.82) is 0 Å². The third kappa shape index (κ3) is 5.20. The van der Waals surface area contributed by atoms with Gasteiger partial charge in [0.15, 0.2) is 0 Å². The average Bonchev–Trinajstić information content (AvgIpc) is 2.62. The van der Waals surface area contributed by atoms with Gasteiger partial charge >= 0.3 is 6.18 Å². The van der Waals surface area contributed by atoms with E-state index in [1.165, 1.54) is 6.07 Å². The Balaban J connectivity index is 1.55. The van der Waals surface area contributed by atoms with E-state index in [-0.39, 0.29) is 12.3 Å². The highest BCUT2D eigenvalue weighted by atomic mass is 19.4. The number of morpholine rings is 1. The molecule has 2 heterocycles. The smallest absolute Gasteiger partial charge is 0.379 e. The molecule has 0 N–H and O–H groups in total. The molecule has 0 aromatic heterocycles. The van der Waals surface area contributed by atoms with Crippen LogP contribution in [0.25, 0.3) is 0 Å². The number of likely N-dealkylation sites (tertiary alicyclic amines) is 1. The number of amides is 1. The predicted octanol–water partition coefficient (Wildman–Crippen LogP) is 2.82. The summed E-state index contributed by atoms with van der Waals surface area (Å²) >= 11 is 0. The van der Waals surface area contributed by atoms with E-state index < -0.39 is 11.7 Å². The van der Waals surface area contributed by atoms with Crippen LogP contribution in [0.3, 0.4) is 0 Å². The Hall–Kier alpha value is -1.60. The fraction of sp³-hybridized carbons (Fsp3) is 0.632. The van der Waals surface area contributed by atoms with E-state index in [4.69, 9.17) is 4.74 Å². The molecule has 7 heteroatoms. The Bertz CT molecular complexity index is 615. The summed E-state index contributed by atoms with van der Waals surface area (Å²) in [5.74, 6) is 0.336. The van der Waals surface area contributed by atoms with Crippen LogP contribution in [0.1, 0.15) is 24.0 Å². The quantitative estimate of drug-likeness (QED) is 0.817. The van der Waals surface area contributed by atoms with Crippen LogP contribution in [0.2, 0.25) is 0 Å². The number of ether oxygens (including phenoxy) is 1. The molecule has 1 aromatic rings. The van der Waals surface area contributed by atoms with Crippen molar-refractivity contribution in [3.05, 3.63) is 35.4 Å². The van der Waals surface area contributed by atoms with Crippen molar-refractivity contribution in [2.24, 2.45) is 5.92 Å². The van der Waals surface area contributed by atoms with Crippen LogP contribution < -0.4 is 0 Å². The highest BCUT2D eigenvalue weighted by Gasteiger charge is 2.31. The number of piperidine rings is 1. The Labute approximate surface area is 151 Å². The number of carbonyl (C=O) groups excluding carboxylic acids is 1. The zero-order valence-electron chi connectivity index (χ0n) is 14.8. The van der Waals surface area contributed by atoms with Crippen molar-refractivity contribution in [2.75, 3.05) is 45.9 Å². The molecular formula is C19H25F3N2O2. The van der Waals surface area contributed by atoms with E-state index in [2.05, 4.69) is 4.90 Å². The predicted molar refractivity (Wildman–Crippen MR) is 91.7 cm³/mol. The fourth-order valence-corrected chi connectivity index (χ4v) is 3.73. The van der Waals surface area contributed by atoms with Gasteiger partial charge in [-0.15, -0.1) is 0 Å². The molecule has 0 spiro atoms. The molecule has 0 radical (unpaired) electrons. The number of nitrogens with zero attached hydrogens (tertiary/aromatic N) is 2. The van der Waals surface area contributed by atoms with Crippen molar-refractivity contribution < 1.29 is 22.7 Å². The highest BCUT2D eigenvalue weighted by Crippen LogP contribution is 2.29. The fourth-order valence-electron chi connectivity index (χ4n) is 3.73. The van der Waals surface area contributed by atoms with E-state index in [9.17, 15) is 18.0 Å². The van der Waals surface area contributed by atoms with E-state index in [1.807, 2.05) is 4.90 Å². The van der Waals surface area contributed by atoms with Gasteiger partial charge in [-0.3, -0.25) is 9.69 Å². The number of alkyl halides is 3. The molecule has 2 saturated heterocycles. The van der Waals surface area contributed by atoms with Crippen molar-refractivity contribution in [3.8, 4) is 0 Å². The summed E-state index contributed by atoms with van der Waals surface area (Å²) in [4.78, 5) is 16.8. The largest absolute Gasteiger partial charge is 0.416 e. The number of halogens is 3. The van der Waals surface area contributed by atoms with Gasteiger partial charge in [0.05, 0.1) is 25.2 Å². The summed E-state index contributed by atoms with van der Waals surface area (Å²) in [6, 6.07) is 5.06. The molecule has 3 rings (SSSR count). The molecule has 4 nitrogen and oxygen atoms in total. The number of carbonyl (C=O) groups is 1. The topological polar surface area (TPSA) is 32.8 Å². The molecule has 1 aromatic carbocycles. The minimum atomic E-state index is -4.38. The summed E-state index contributed by atoms with van der Waals surface area (Å²) in [6.07, 6.45) is -2.32. The maximum absolute atomic E-state index is 12.8. The van der Waals surface area contributed by atoms with Crippen molar-refractivity contribution in [3.63, 3.8) is 0 Å². The average molecular weight is 370 g/mol. The van der Waals surface area contributed by atoms with Gasteiger partial charge in [0, 0.05) is 32.7 Å². The van der Waals surface area contributed by atoms with Crippen LogP contribution in [-0.2, 0) is 22.1 Å². The number of hydrogen-bond donors (Lipinski definition) is 0. The first-order valence-corrected chi connectivity index (χ1v) is 9.16. The first-order chi connectivity index (χ1) is 12.4. The second kappa shape index (κ2) is 8.39. The molecule has 2 aliphatic rings. The lowest BCUT2D eigenvalue weighted by Crippen LogP contribution is -2.46. The Morgan fingerprint density at radius 3 is 2.69 bits per heavy atom. The summed E-state index contributed by atoms with van der Waals surface area (Å²) < 4.78 is 43.8. The molecule has 0 saturated carbocycles. The minimum absolute atomic E-state index is 0.0220. The Kier molecular flexibility index (Phi) is 6.19. The van der Waals surface area contributed by atoms with E-state index in [1.54, 1.807) is 6.07 Å². The van der Waals surface area contributed by atoms with E-state index in [0.29, 0.717) is 24.6 Å². The molecule has 0 bridgehead atoms. The second-order valence-electron chi connectivity index (χ2n) is 7.14. The van der Waals surface area contributed by atoms with E-state index in [0.717, 1.165) is 57.8 Å². The molecule has 26 heavy (non-hydrogen) atoms. The molecule has 0 aliphatic carbocycles. The first-order valence-electron chi connectivity index (χ1n) is 9.16. The summed E-state index contributed by atoms with van der Waals surface area (Å²) in [5, 5.41) is 0. The lowest BCUT2D eigenvalue weighted by atomic mass is 9.96. The molecule has 1 amide bonds. The Morgan fingerprint density at radius 2 is 1.96 bits per heavy atom. The molecule has 1 unspecified atom stereocenters. The standard InChI is InChI=1S/C19H25F3N2O2/c20-19(21,22)17-5-1-3-15(11-17)12-18(25)24-6-2-4-16(14-24)13-23-7-9-26-10-8-23/h1,3,5,11,16H,2,4,6-10,12-14H2. The van der Waals surface area contributed by atoms with Crippen LogP contribution in [0.4, 0.5) is 13.2 Å². The molecule has 1 atom stereocenters. The van der Waals surface area contributed by atoms with Gasteiger partial charge in [-0.25, -0.2) is 0 Å². The summed E-state index contributed by atoms with van der Waals surface area (Å²) in [6.45, 7) is 5.70. The van der Waals surface area contributed by atoms with Gasteiger partial charge in [0.25, 0.3) is 0 Å². The van der Waals surface area contributed by atoms with E-state index >= 15 is 0 Å². The van der Waals surface area contributed by atoms with Gasteiger partial charge in [0.2, 0.25) is 5.91 Å². The van der Waals surface area contributed by atoms with Gasteiger partial charge in [0.1, 0.15) is 0 Å². The zero-order chi connectivity index (χ0) is 18.6. The second-order valence-corrected chi connectivity index (χ2v) is 7.14. The monoisotopic (exact) mass is 370 g/mol. The van der Waals surface area contributed by atoms with Crippen molar-refractivity contribution in [1.82, 2.24) is 9.80 Å². The van der Waals surface area contributed by atoms with Crippen LogP contribution >= 0.6 is 0 Å². The molecule has 144 valence electrons. The number of rotatable bonds is 4. The zero-order valence-corrected chi connectivity index (χ0v) is 14.8. The summed E-state index contributed by atoms with van der Waals surface area (Å²) in [5.41, 5.74) is -0.285. The number of benzene rings is 1. The lowest BCUT2D eigenvalue weighted by Gasteiger charge is -2.37. The first kappa shape index (κ1) is 19.2. The molecular weight excluding hydrogens is 345 g/mol. The minimum Gasteiger partial charge on any atom is -0.379 e. The van der Waals surface area contributed by atoms with Crippen LogP contribution in [-0.4, -0.2) is 61.6 Å². The lowest BCUT2D eigenvalue weighted by molar-refractivity contribution is -0.138. The van der Waals surface area contributed by atoms with Gasteiger partial charge in [-0.05, 0) is 30.4 Å². The SMILES string of the molecule is O=C(Cc1cccc(C(F)(F)F)c1)N1CCCC(CN2CCOCC2)C1. The van der Waals surface area contributed by atoms with Crippen LogP contribution in [0, 0.1) is 5.92 Å². The van der Waals surface area contributed by atoms with Gasteiger partial charge in [-0.1, -0.05) is 18.2 Å². The maximum Gasteiger partial charge on any atom is 0.416 e. The van der Waals surface area contributed by atoms with Crippen molar-refractivity contribution in [2.45, 2.75) is 25.4 Å². The Morgan fingerprint density at radius 1 is 1.19 bits per heavy atom. The highest BCUT2D eigenvalue weighted by molar-refractivity contribution is 5.79. The maximum atomic E-state index is 12.8.